The van der Waals surface area contributed by atoms with Crippen molar-refractivity contribution in [1.29, 1.82) is 0 Å². The van der Waals surface area contributed by atoms with Crippen LogP contribution in [-0.2, 0) is 6.54 Å². The first-order valence-corrected chi connectivity index (χ1v) is 6.43. The number of rotatable bonds is 5. The molecule has 0 aliphatic rings. The molecule has 2 rings (SSSR count). The molecule has 1 aromatic heterocycles. The second-order valence-electron chi connectivity index (χ2n) is 4.42. The van der Waals surface area contributed by atoms with E-state index in [0.717, 1.165) is 18.6 Å². The quantitative estimate of drug-likeness (QED) is 0.822. The van der Waals surface area contributed by atoms with Gasteiger partial charge in [-0.2, -0.15) is 0 Å². The number of nitrogens with zero attached hydrogens (tertiary/aromatic N) is 1. The maximum atomic E-state index is 5.76. The summed E-state index contributed by atoms with van der Waals surface area (Å²) in [7, 11) is 0. The molecule has 2 aromatic rings. The second-order valence-corrected chi connectivity index (χ2v) is 4.73. The molecule has 0 radical (unpaired) electrons. The highest BCUT2D eigenvalue weighted by molar-refractivity contribution is 6.18. The maximum absolute atomic E-state index is 5.76. The Bertz CT molecular complexity index is 484. The molecule has 0 bridgehead atoms. The van der Waals surface area contributed by atoms with Gasteiger partial charge in [0, 0.05) is 24.0 Å². The Morgan fingerprint density at radius 1 is 1.35 bits per heavy atom. The van der Waals surface area contributed by atoms with Crippen LogP contribution in [0.25, 0.3) is 10.9 Å². The van der Waals surface area contributed by atoms with Gasteiger partial charge in [-0.3, -0.25) is 4.98 Å². The lowest BCUT2D eigenvalue weighted by Gasteiger charge is -2.09. The topological polar surface area (TPSA) is 24.9 Å². The summed E-state index contributed by atoms with van der Waals surface area (Å²) >= 11 is 5.76. The van der Waals surface area contributed by atoms with Gasteiger partial charge in [0.1, 0.15) is 0 Å². The second kappa shape index (κ2) is 5.99. The number of pyridine rings is 1. The molecule has 1 unspecified atom stereocenters. The molecule has 90 valence electrons. The van der Waals surface area contributed by atoms with Gasteiger partial charge in [-0.05, 0) is 36.2 Å². The first kappa shape index (κ1) is 12.3. The van der Waals surface area contributed by atoms with E-state index in [1.807, 2.05) is 12.3 Å². The summed E-state index contributed by atoms with van der Waals surface area (Å²) in [6.45, 7) is 3.98. The van der Waals surface area contributed by atoms with Gasteiger partial charge in [-0.1, -0.05) is 19.1 Å². The molecule has 0 aliphatic heterocycles. The van der Waals surface area contributed by atoms with Crippen molar-refractivity contribution >= 4 is 22.5 Å². The van der Waals surface area contributed by atoms with Crippen LogP contribution in [0.1, 0.15) is 12.5 Å². The summed E-state index contributed by atoms with van der Waals surface area (Å²) in [4.78, 5) is 4.31. The molecule has 1 N–H and O–H groups in total. The Balaban J connectivity index is 1.99. The molecule has 1 atom stereocenters. The molecule has 17 heavy (non-hydrogen) atoms. The highest BCUT2D eigenvalue weighted by Gasteiger charge is 2.00. The number of benzene rings is 1. The van der Waals surface area contributed by atoms with Gasteiger partial charge >= 0.3 is 0 Å². The molecule has 2 nitrogen and oxygen atoms in total. The van der Waals surface area contributed by atoms with E-state index in [2.05, 4.69) is 41.5 Å². The van der Waals surface area contributed by atoms with Crippen LogP contribution in [0.15, 0.2) is 36.5 Å². The van der Waals surface area contributed by atoms with Crippen molar-refractivity contribution in [1.82, 2.24) is 10.3 Å². The minimum absolute atomic E-state index is 0.513. The van der Waals surface area contributed by atoms with E-state index in [0.29, 0.717) is 11.8 Å². The fraction of sp³-hybridized carbons (Fsp3) is 0.357. The normalized spacial score (nSPS) is 12.8. The van der Waals surface area contributed by atoms with Crippen molar-refractivity contribution in [3.05, 3.63) is 42.1 Å². The third kappa shape index (κ3) is 3.42. The van der Waals surface area contributed by atoms with Gasteiger partial charge in [-0.25, -0.2) is 0 Å². The van der Waals surface area contributed by atoms with Crippen molar-refractivity contribution < 1.29 is 0 Å². The lowest BCUT2D eigenvalue weighted by molar-refractivity contribution is 0.557. The average molecular weight is 249 g/mol. The van der Waals surface area contributed by atoms with Gasteiger partial charge in [0.2, 0.25) is 0 Å². The minimum Gasteiger partial charge on any atom is -0.312 e. The standard InChI is InChI=1S/C14H17ClN2/c1-11(8-15)9-16-10-12-4-5-14-13(7-12)3-2-6-17-14/h2-7,11,16H,8-10H2,1H3. The Morgan fingerprint density at radius 2 is 2.24 bits per heavy atom. The first-order chi connectivity index (χ1) is 8.29. The highest BCUT2D eigenvalue weighted by atomic mass is 35.5. The predicted molar refractivity (Wildman–Crippen MR) is 73.3 cm³/mol. The summed E-state index contributed by atoms with van der Waals surface area (Å²) in [6.07, 6.45) is 1.82. The maximum Gasteiger partial charge on any atom is 0.0702 e. The fourth-order valence-corrected chi connectivity index (χ4v) is 1.86. The molecule has 3 heteroatoms. The monoisotopic (exact) mass is 248 g/mol. The van der Waals surface area contributed by atoms with Gasteiger partial charge in [0.25, 0.3) is 0 Å². The fourth-order valence-electron chi connectivity index (χ4n) is 1.75. The van der Waals surface area contributed by atoms with Crippen molar-refractivity contribution in [2.75, 3.05) is 12.4 Å². The number of hydrogen-bond donors (Lipinski definition) is 1. The third-order valence-electron chi connectivity index (χ3n) is 2.75. The zero-order valence-corrected chi connectivity index (χ0v) is 10.7. The van der Waals surface area contributed by atoms with Crippen LogP contribution in [0, 0.1) is 5.92 Å². The van der Waals surface area contributed by atoms with Crippen LogP contribution < -0.4 is 5.32 Å². The Morgan fingerprint density at radius 3 is 3.06 bits per heavy atom. The molecule has 0 amide bonds. The molecule has 0 aliphatic carbocycles. The summed E-state index contributed by atoms with van der Waals surface area (Å²) in [5.74, 6) is 1.22. The predicted octanol–water partition coefficient (Wildman–Crippen LogP) is 3.20. The number of fused-ring (bicyclic) bond motifs is 1. The van der Waals surface area contributed by atoms with E-state index in [1.165, 1.54) is 10.9 Å². The number of hydrogen-bond acceptors (Lipinski definition) is 2. The van der Waals surface area contributed by atoms with E-state index in [1.54, 1.807) is 0 Å². The Hall–Kier alpha value is -1.12. The molecule has 0 saturated heterocycles. The average Bonchev–Trinajstić information content (AvgIpc) is 2.38. The summed E-state index contributed by atoms with van der Waals surface area (Å²) in [5, 5.41) is 4.60. The van der Waals surface area contributed by atoms with Crippen molar-refractivity contribution in [2.45, 2.75) is 13.5 Å². The number of aromatic nitrogens is 1. The molecule has 1 heterocycles. The highest BCUT2D eigenvalue weighted by Crippen LogP contribution is 2.13. The SMILES string of the molecule is CC(CCl)CNCc1ccc2ncccc2c1. The number of halogens is 1. The van der Waals surface area contributed by atoms with Crippen molar-refractivity contribution in [3.8, 4) is 0 Å². The van der Waals surface area contributed by atoms with Gasteiger partial charge < -0.3 is 5.32 Å². The first-order valence-electron chi connectivity index (χ1n) is 5.90. The zero-order valence-electron chi connectivity index (χ0n) is 9.99. The van der Waals surface area contributed by atoms with Crippen LogP contribution in [0.3, 0.4) is 0 Å². The summed E-state index contributed by atoms with van der Waals surface area (Å²) in [5.41, 5.74) is 2.33. The van der Waals surface area contributed by atoms with Crippen molar-refractivity contribution in [2.24, 2.45) is 5.92 Å². The molecule has 1 aromatic carbocycles. The van der Waals surface area contributed by atoms with Crippen molar-refractivity contribution in [3.63, 3.8) is 0 Å². The Kier molecular flexibility index (Phi) is 4.35. The zero-order chi connectivity index (χ0) is 12.1. The van der Waals surface area contributed by atoms with Gasteiger partial charge in [0.05, 0.1) is 5.52 Å². The van der Waals surface area contributed by atoms with E-state index in [9.17, 15) is 0 Å². The number of alkyl halides is 1. The lowest BCUT2D eigenvalue weighted by atomic mass is 10.1. The van der Waals surface area contributed by atoms with Gasteiger partial charge in [-0.15, -0.1) is 11.6 Å². The third-order valence-corrected chi connectivity index (χ3v) is 3.28. The van der Waals surface area contributed by atoms with Crippen LogP contribution in [-0.4, -0.2) is 17.4 Å². The van der Waals surface area contributed by atoms with E-state index in [4.69, 9.17) is 11.6 Å². The molecular formula is C14H17ClN2. The van der Waals surface area contributed by atoms with Crippen LogP contribution in [0.4, 0.5) is 0 Å². The summed E-state index contributed by atoms with van der Waals surface area (Å²) < 4.78 is 0. The van der Waals surface area contributed by atoms with Crippen LogP contribution in [0.5, 0.6) is 0 Å². The Labute approximate surface area is 107 Å². The smallest absolute Gasteiger partial charge is 0.0702 e. The molecular weight excluding hydrogens is 232 g/mol. The molecule has 0 saturated carbocycles. The molecule has 0 fully saturated rings. The number of nitrogens with one attached hydrogen (secondary N) is 1. The van der Waals surface area contributed by atoms with E-state index >= 15 is 0 Å². The molecule has 0 spiro atoms. The summed E-state index contributed by atoms with van der Waals surface area (Å²) in [6, 6.07) is 10.4. The van der Waals surface area contributed by atoms with E-state index < -0.39 is 0 Å². The van der Waals surface area contributed by atoms with E-state index in [-0.39, 0.29) is 0 Å². The van der Waals surface area contributed by atoms with Gasteiger partial charge in [0.15, 0.2) is 0 Å². The van der Waals surface area contributed by atoms with Crippen LogP contribution >= 0.6 is 11.6 Å². The largest absolute Gasteiger partial charge is 0.312 e. The van der Waals surface area contributed by atoms with Crippen LogP contribution in [0.2, 0.25) is 0 Å². The minimum atomic E-state index is 0.513. The lowest BCUT2D eigenvalue weighted by Crippen LogP contribution is -2.21.